The third-order valence-corrected chi connectivity index (χ3v) is 1.57. The molecule has 17 heavy (non-hydrogen) atoms. The molecule has 0 atom stereocenters. The molecule has 0 rings (SSSR count). The van der Waals surface area contributed by atoms with E-state index in [9.17, 15) is 30.7 Å². The van der Waals surface area contributed by atoms with Crippen LogP contribution >= 0.6 is 0 Å². The topological polar surface area (TPSA) is 9.23 Å². The normalized spacial score (nSPS) is 15.1. The third kappa shape index (κ3) is 3.79. The summed E-state index contributed by atoms with van der Waals surface area (Å²) >= 11 is 0. The van der Waals surface area contributed by atoms with Crippen molar-refractivity contribution in [1.82, 2.24) is 0 Å². The molecule has 0 amide bonds. The first-order chi connectivity index (χ1) is 7.66. The lowest BCUT2D eigenvalue weighted by Gasteiger charge is -2.10. The van der Waals surface area contributed by atoms with Gasteiger partial charge in [-0.1, -0.05) is 6.58 Å². The van der Waals surface area contributed by atoms with Gasteiger partial charge in [0.25, 0.3) is 0 Å². The zero-order valence-corrected chi connectivity index (χ0v) is 8.47. The number of rotatable bonds is 4. The van der Waals surface area contributed by atoms with E-state index in [4.69, 9.17) is 0 Å². The maximum atomic E-state index is 13.0. The third-order valence-electron chi connectivity index (χ3n) is 1.57. The molecule has 0 aliphatic heterocycles. The zero-order chi connectivity index (χ0) is 13.8. The van der Waals surface area contributed by atoms with Crippen LogP contribution in [0.4, 0.5) is 30.7 Å². The van der Waals surface area contributed by atoms with E-state index in [1.165, 1.54) is 0 Å². The predicted octanol–water partition coefficient (Wildman–Crippen LogP) is 4.05. The maximum absolute atomic E-state index is 13.0. The Hall–Kier alpha value is -1.47. The molecule has 0 fully saturated rings. The second kappa shape index (κ2) is 5.74. The van der Waals surface area contributed by atoms with E-state index >= 15 is 0 Å². The Kier molecular flexibility index (Phi) is 5.24. The van der Waals surface area contributed by atoms with E-state index in [-0.39, 0.29) is 0 Å². The number of ether oxygens (including phenoxy) is 1. The van der Waals surface area contributed by atoms with Crippen molar-refractivity contribution in [3.63, 3.8) is 0 Å². The molecule has 0 bridgehead atoms. The van der Waals surface area contributed by atoms with Crippen LogP contribution in [0.1, 0.15) is 0 Å². The lowest BCUT2D eigenvalue weighted by molar-refractivity contribution is -0.0909. The van der Waals surface area contributed by atoms with Gasteiger partial charge in [-0.25, -0.2) is 13.2 Å². The molecule has 0 aliphatic carbocycles. The average molecular weight is 264 g/mol. The van der Waals surface area contributed by atoms with Gasteiger partial charge in [0.2, 0.25) is 5.83 Å². The van der Waals surface area contributed by atoms with Crippen molar-refractivity contribution in [2.24, 2.45) is 0 Å². The summed E-state index contributed by atoms with van der Waals surface area (Å²) in [4.78, 5) is 0. The number of methoxy groups -OCH3 is 1. The second-order valence-electron chi connectivity index (χ2n) is 2.68. The molecular weight excluding hydrogens is 257 g/mol. The van der Waals surface area contributed by atoms with E-state index in [2.05, 4.69) is 11.3 Å². The molecule has 98 valence electrons. The van der Waals surface area contributed by atoms with E-state index in [0.29, 0.717) is 7.11 Å². The fourth-order valence-corrected chi connectivity index (χ4v) is 0.737. The fourth-order valence-electron chi connectivity index (χ4n) is 0.737. The number of allylic oxidation sites excluding steroid dienone is 4. The standard InChI is InChI=1S/C9H7F7O/c1-4(9(14,15)16)6(12)7(13)8(17-2)5(11)3-10/h1,3H2,2H3/b7-6-,8-5-. The van der Waals surface area contributed by atoms with Crippen molar-refractivity contribution in [1.29, 1.82) is 0 Å². The van der Waals surface area contributed by atoms with Gasteiger partial charge in [0, 0.05) is 0 Å². The van der Waals surface area contributed by atoms with Gasteiger partial charge in [0.15, 0.2) is 17.4 Å². The number of hydrogen-bond acceptors (Lipinski definition) is 1. The highest BCUT2D eigenvalue weighted by Gasteiger charge is 2.37. The molecule has 0 spiro atoms. The Morgan fingerprint density at radius 2 is 1.59 bits per heavy atom. The Morgan fingerprint density at radius 3 is 1.88 bits per heavy atom. The Bertz CT molecular complexity index is 364. The van der Waals surface area contributed by atoms with E-state index in [1.807, 2.05) is 0 Å². The molecule has 0 aliphatic rings. The molecule has 8 heteroatoms. The summed E-state index contributed by atoms with van der Waals surface area (Å²) in [5.41, 5.74) is -2.16. The molecule has 0 aromatic rings. The minimum Gasteiger partial charge on any atom is -0.491 e. The van der Waals surface area contributed by atoms with Gasteiger partial charge >= 0.3 is 6.18 Å². The van der Waals surface area contributed by atoms with Crippen LogP contribution in [0.5, 0.6) is 0 Å². The molecule has 0 saturated heterocycles. The Labute approximate surface area is 91.9 Å². The number of hydrogen-bond donors (Lipinski definition) is 0. The van der Waals surface area contributed by atoms with Crippen molar-refractivity contribution in [3.8, 4) is 0 Å². The van der Waals surface area contributed by atoms with Gasteiger partial charge in [-0.3, -0.25) is 0 Å². The van der Waals surface area contributed by atoms with Crippen LogP contribution < -0.4 is 0 Å². The van der Waals surface area contributed by atoms with Crippen molar-refractivity contribution in [2.75, 3.05) is 13.8 Å². The van der Waals surface area contributed by atoms with Crippen molar-refractivity contribution in [2.45, 2.75) is 6.18 Å². The van der Waals surface area contributed by atoms with Gasteiger partial charge in [0.05, 0.1) is 12.7 Å². The summed E-state index contributed by atoms with van der Waals surface area (Å²) in [5.74, 6) is -8.20. The summed E-state index contributed by atoms with van der Waals surface area (Å²) < 4.78 is 90.1. The molecule has 0 aromatic carbocycles. The van der Waals surface area contributed by atoms with E-state index in [1.54, 1.807) is 0 Å². The highest BCUT2D eigenvalue weighted by Crippen LogP contribution is 2.35. The van der Waals surface area contributed by atoms with Gasteiger partial charge in [-0.05, 0) is 0 Å². The molecule has 0 N–H and O–H groups in total. The Balaban J connectivity index is 5.53. The highest BCUT2D eigenvalue weighted by atomic mass is 19.4. The largest absolute Gasteiger partial charge is 0.491 e. The second-order valence-corrected chi connectivity index (χ2v) is 2.68. The van der Waals surface area contributed by atoms with Crippen LogP contribution in [0, 0.1) is 0 Å². The zero-order valence-electron chi connectivity index (χ0n) is 8.47. The summed E-state index contributed by atoms with van der Waals surface area (Å²) in [5, 5.41) is 0. The highest BCUT2D eigenvalue weighted by molar-refractivity contribution is 5.37. The van der Waals surface area contributed by atoms with Gasteiger partial charge in [-0.15, -0.1) is 0 Å². The smallest absolute Gasteiger partial charge is 0.418 e. The van der Waals surface area contributed by atoms with Crippen molar-refractivity contribution in [3.05, 3.63) is 35.4 Å². The molecular formula is C9H7F7O. The maximum Gasteiger partial charge on any atom is 0.418 e. The minimum atomic E-state index is -5.23. The summed E-state index contributed by atoms with van der Waals surface area (Å²) in [6, 6.07) is 0. The number of alkyl halides is 4. The van der Waals surface area contributed by atoms with Gasteiger partial charge in [0.1, 0.15) is 6.67 Å². The van der Waals surface area contributed by atoms with E-state index in [0.717, 1.165) is 0 Å². The summed E-state index contributed by atoms with van der Waals surface area (Å²) in [6.45, 7) is 0.412. The fraction of sp³-hybridized carbons (Fsp3) is 0.333. The quantitative estimate of drug-likeness (QED) is 0.423. The molecule has 0 heterocycles. The summed E-state index contributed by atoms with van der Waals surface area (Å²) in [6.07, 6.45) is -5.23. The first kappa shape index (κ1) is 15.5. The lowest BCUT2D eigenvalue weighted by Crippen LogP contribution is -2.12. The Morgan fingerprint density at radius 1 is 1.12 bits per heavy atom. The number of halogens is 7. The molecule has 1 nitrogen and oxygen atoms in total. The molecule has 0 unspecified atom stereocenters. The lowest BCUT2D eigenvalue weighted by atomic mass is 10.2. The first-order valence-corrected chi connectivity index (χ1v) is 3.97. The van der Waals surface area contributed by atoms with Crippen LogP contribution in [0.2, 0.25) is 0 Å². The minimum absolute atomic E-state index is 0.647. The van der Waals surface area contributed by atoms with E-state index < -0.39 is 41.7 Å². The molecule has 0 radical (unpaired) electrons. The monoisotopic (exact) mass is 264 g/mol. The molecule has 0 saturated carbocycles. The van der Waals surface area contributed by atoms with Gasteiger partial charge < -0.3 is 4.74 Å². The SMILES string of the molecule is C=C(/C(F)=C(F)\C(OC)=C(\F)CF)C(F)(F)F. The predicted molar refractivity (Wildman–Crippen MR) is 45.6 cm³/mol. The van der Waals surface area contributed by atoms with Crippen LogP contribution in [0.25, 0.3) is 0 Å². The van der Waals surface area contributed by atoms with Crippen LogP contribution in [-0.4, -0.2) is 20.0 Å². The average Bonchev–Trinajstić information content (AvgIpc) is 2.26. The molecule has 0 aromatic heterocycles. The summed E-state index contributed by atoms with van der Waals surface area (Å²) in [7, 11) is 0.647. The van der Waals surface area contributed by atoms with Crippen molar-refractivity contribution >= 4 is 0 Å². The van der Waals surface area contributed by atoms with Crippen LogP contribution in [0.15, 0.2) is 35.4 Å². The van der Waals surface area contributed by atoms with Crippen LogP contribution in [0.3, 0.4) is 0 Å². The van der Waals surface area contributed by atoms with Crippen molar-refractivity contribution < 1.29 is 35.5 Å². The van der Waals surface area contributed by atoms with Gasteiger partial charge in [-0.2, -0.15) is 17.6 Å². The van der Waals surface area contributed by atoms with Crippen LogP contribution in [-0.2, 0) is 4.74 Å². The first-order valence-electron chi connectivity index (χ1n) is 3.97.